The Hall–Kier alpha value is -1.38. The minimum Gasteiger partial charge on any atom is -0.497 e. The smallest absolute Gasteiger partial charge is 0.118 e. The molecular weight excluding hydrogens is 293 g/mol. The lowest BCUT2D eigenvalue weighted by atomic mass is 10.1. The lowest BCUT2D eigenvalue weighted by Gasteiger charge is -2.23. The standard InChI is InChI=1S/C16H17Cl2NO/c1-19(11-12-6-8-14(20-2)9-7-12)16-13(10-17)4-3-5-15(16)18/h3-9H,10-11H2,1-2H3. The lowest BCUT2D eigenvalue weighted by Crippen LogP contribution is -2.18. The fourth-order valence-electron chi connectivity index (χ4n) is 2.18. The van der Waals surface area contributed by atoms with Crippen LogP contribution in [0.15, 0.2) is 42.5 Å². The molecule has 0 aromatic heterocycles. The summed E-state index contributed by atoms with van der Waals surface area (Å²) in [5, 5.41) is 0.721. The summed E-state index contributed by atoms with van der Waals surface area (Å²) in [6, 6.07) is 13.8. The molecule has 0 aliphatic carbocycles. The van der Waals surface area contributed by atoms with E-state index in [1.165, 1.54) is 5.56 Å². The largest absolute Gasteiger partial charge is 0.497 e. The number of hydrogen-bond acceptors (Lipinski definition) is 2. The van der Waals surface area contributed by atoms with E-state index in [0.29, 0.717) is 5.88 Å². The Labute approximate surface area is 129 Å². The van der Waals surface area contributed by atoms with Gasteiger partial charge in [0.1, 0.15) is 5.75 Å². The van der Waals surface area contributed by atoms with Gasteiger partial charge < -0.3 is 9.64 Å². The van der Waals surface area contributed by atoms with Gasteiger partial charge in [-0.05, 0) is 29.3 Å². The highest BCUT2D eigenvalue weighted by Crippen LogP contribution is 2.31. The number of nitrogens with zero attached hydrogens (tertiary/aromatic N) is 1. The minimum absolute atomic E-state index is 0.447. The molecule has 0 fully saturated rings. The van der Waals surface area contributed by atoms with E-state index in [4.69, 9.17) is 27.9 Å². The minimum atomic E-state index is 0.447. The number of anilines is 1. The Balaban J connectivity index is 2.21. The van der Waals surface area contributed by atoms with Crippen molar-refractivity contribution in [3.8, 4) is 5.75 Å². The summed E-state index contributed by atoms with van der Waals surface area (Å²) in [4.78, 5) is 2.11. The van der Waals surface area contributed by atoms with Gasteiger partial charge in [0.05, 0.1) is 17.8 Å². The molecule has 0 saturated heterocycles. The Morgan fingerprint density at radius 2 is 1.80 bits per heavy atom. The van der Waals surface area contributed by atoms with Crippen LogP contribution in [-0.4, -0.2) is 14.2 Å². The molecule has 0 aliphatic rings. The molecule has 2 aromatic carbocycles. The molecule has 2 nitrogen and oxygen atoms in total. The van der Waals surface area contributed by atoms with Gasteiger partial charge in [0, 0.05) is 19.5 Å². The van der Waals surface area contributed by atoms with Gasteiger partial charge in [-0.25, -0.2) is 0 Å². The lowest BCUT2D eigenvalue weighted by molar-refractivity contribution is 0.414. The van der Waals surface area contributed by atoms with Crippen LogP contribution < -0.4 is 9.64 Å². The van der Waals surface area contributed by atoms with Crippen molar-refractivity contribution in [1.82, 2.24) is 0 Å². The van der Waals surface area contributed by atoms with Gasteiger partial charge in [-0.3, -0.25) is 0 Å². The Bertz CT molecular complexity index is 569. The third kappa shape index (κ3) is 3.38. The van der Waals surface area contributed by atoms with Crippen molar-refractivity contribution in [2.24, 2.45) is 0 Å². The van der Waals surface area contributed by atoms with Crippen LogP contribution >= 0.6 is 23.2 Å². The van der Waals surface area contributed by atoms with Crippen molar-refractivity contribution in [1.29, 1.82) is 0 Å². The van der Waals surface area contributed by atoms with Crippen LogP contribution in [0, 0.1) is 0 Å². The summed E-state index contributed by atoms with van der Waals surface area (Å²) < 4.78 is 5.16. The summed E-state index contributed by atoms with van der Waals surface area (Å²) in [7, 11) is 3.68. The monoisotopic (exact) mass is 309 g/mol. The number of benzene rings is 2. The maximum atomic E-state index is 6.30. The fraction of sp³-hybridized carbons (Fsp3) is 0.250. The average Bonchev–Trinajstić information content (AvgIpc) is 2.47. The van der Waals surface area contributed by atoms with Crippen molar-refractivity contribution < 1.29 is 4.74 Å². The third-order valence-electron chi connectivity index (χ3n) is 3.17. The number of halogens is 2. The van der Waals surface area contributed by atoms with Crippen LogP contribution in [0.25, 0.3) is 0 Å². The molecule has 0 saturated carbocycles. The molecule has 0 amide bonds. The second-order valence-corrected chi connectivity index (χ2v) is 5.26. The second-order valence-electron chi connectivity index (χ2n) is 4.59. The molecule has 0 heterocycles. The number of methoxy groups -OCH3 is 1. The van der Waals surface area contributed by atoms with Crippen molar-refractivity contribution in [3.63, 3.8) is 0 Å². The second kappa shape index (κ2) is 6.87. The molecule has 0 aliphatic heterocycles. The molecule has 0 atom stereocenters. The molecule has 20 heavy (non-hydrogen) atoms. The predicted molar refractivity (Wildman–Crippen MR) is 86.1 cm³/mol. The van der Waals surface area contributed by atoms with Crippen LogP contribution in [0.5, 0.6) is 5.75 Å². The quantitative estimate of drug-likeness (QED) is 0.741. The first kappa shape index (κ1) is 15.0. The first-order chi connectivity index (χ1) is 9.65. The van der Waals surface area contributed by atoms with Crippen LogP contribution in [0.3, 0.4) is 0 Å². The maximum Gasteiger partial charge on any atom is 0.118 e. The fourth-order valence-corrected chi connectivity index (χ4v) is 2.73. The molecule has 2 rings (SSSR count). The van der Waals surface area contributed by atoms with Crippen LogP contribution in [-0.2, 0) is 12.4 Å². The zero-order chi connectivity index (χ0) is 14.5. The Morgan fingerprint density at radius 1 is 1.10 bits per heavy atom. The van der Waals surface area contributed by atoms with E-state index in [1.807, 2.05) is 49.5 Å². The molecule has 4 heteroatoms. The number of ether oxygens (including phenoxy) is 1. The number of para-hydroxylation sites is 1. The third-order valence-corrected chi connectivity index (χ3v) is 3.77. The van der Waals surface area contributed by atoms with E-state index in [1.54, 1.807) is 7.11 Å². The zero-order valence-electron chi connectivity index (χ0n) is 11.6. The van der Waals surface area contributed by atoms with Gasteiger partial charge in [0.25, 0.3) is 0 Å². The summed E-state index contributed by atoms with van der Waals surface area (Å²) in [5.74, 6) is 1.30. The molecule has 0 unspecified atom stereocenters. The molecule has 0 N–H and O–H groups in total. The Kier molecular flexibility index (Phi) is 5.16. The van der Waals surface area contributed by atoms with Crippen LogP contribution in [0.1, 0.15) is 11.1 Å². The first-order valence-electron chi connectivity index (χ1n) is 6.33. The molecule has 0 radical (unpaired) electrons. The summed E-state index contributed by atoms with van der Waals surface area (Å²) in [6.07, 6.45) is 0. The van der Waals surface area contributed by atoms with Gasteiger partial charge in [-0.15, -0.1) is 11.6 Å². The molecular formula is C16H17Cl2NO. The maximum absolute atomic E-state index is 6.30. The number of alkyl halides is 1. The van der Waals surface area contributed by atoms with Gasteiger partial charge in [-0.1, -0.05) is 35.9 Å². The van der Waals surface area contributed by atoms with E-state index in [-0.39, 0.29) is 0 Å². The van der Waals surface area contributed by atoms with E-state index >= 15 is 0 Å². The highest BCUT2D eigenvalue weighted by molar-refractivity contribution is 6.33. The summed E-state index contributed by atoms with van der Waals surface area (Å²) >= 11 is 12.3. The normalized spacial score (nSPS) is 10.4. The van der Waals surface area contributed by atoms with Gasteiger partial charge in [-0.2, -0.15) is 0 Å². The van der Waals surface area contributed by atoms with E-state index in [9.17, 15) is 0 Å². The molecule has 0 bridgehead atoms. The Morgan fingerprint density at radius 3 is 2.40 bits per heavy atom. The topological polar surface area (TPSA) is 12.5 Å². The average molecular weight is 310 g/mol. The summed E-state index contributed by atoms with van der Waals surface area (Å²) in [6.45, 7) is 0.762. The van der Waals surface area contributed by atoms with Crippen LogP contribution in [0.4, 0.5) is 5.69 Å². The highest BCUT2D eigenvalue weighted by atomic mass is 35.5. The van der Waals surface area contributed by atoms with E-state index in [2.05, 4.69) is 4.90 Å². The van der Waals surface area contributed by atoms with Crippen molar-refractivity contribution in [3.05, 3.63) is 58.6 Å². The predicted octanol–water partition coefficient (Wildman–Crippen LogP) is 4.72. The van der Waals surface area contributed by atoms with E-state index < -0.39 is 0 Å². The summed E-state index contributed by atoms with van der Waals surface area (Å²) in [5.41, 5.74) is 3.21. The zero-order valence-corrected chi connectivity index (χ0v) is 13.1. The van der Waals surface area contributed by atoms with Crippen LogP contribution in [0.2, 0.25) is 5.02 Å². The number of rotatable bonds is 5. The van der Waals surface area contributed by atoms with Crippen molar-refractivity contribution in [2.75, 3.05) is 19.1 Å². The number of hydrogen-bond donors (Lipinski definition) is 0. The SMILES string of the molecule is COc1ccc(CN(C)c2c(Cl)cccc2CCl)cc1. The van der Waals surface area contributed by atoms with Crippen molar-refractivity contribution in [2.45, 2.75) is 12.4 Å². The van der Waals surface area contributed by atoms with Gasteiger partial charge in [0.15, 0.2) is 0 Å². The molecule has 0 spiro atoms. The van der Waals surface area contributed by atoms with Gasteiger partial charge in [0.2, 0.25) is 0 Å². The first-order valence-corrected chi connectivity index (χ1v) is 7.24. The highest BCUT2D eigenvalue weighted by Gasteiger charge is 2.11. The molecule has 2 aromatic rings. The van der Waals surface area contributed by atoms with E-state index in [0.717, 1.165) is 28.6 Å². The molecule has 106 valence electrons. The van der Waals surface area contributed by atoms with Crippen molar-refractivity contribution >= 4 is 28.9 Å². The van der Waals surface area contributed by atoms with Gasteiger partial charge >= 0.3 is 0 Å².